The topological polar surface area (TPSA) is 49.3 Å². The molecule has 0 spiro atoms. The minimum Gasteiger partial charge on any atom is -0.359 e. The van der Waals surface area contributed by atoms with E-state index in [9.17, 15) is 0 Å². The van der Waals surface area contributed by atoms with E-state index in [-0.39, 0.29) is 12.1 Å². The van der Waals surface area contributed by atoms with E-state index < -0.39 is 0 Å². The summed E-state index contributed by atoms with van der Waals surface area (Å²) < 4.78 is 0. The molecular formula is C35H50N4S. The predicted molar refractivity (Wildman–Crippen MR) is 178 cm³/mol. The first-order valence-corrected chi connectivity index (χ1v) is 16.0. The molecule has 1 aliphatic carbocycles. The molecule has 0 fully saturated rings. The highest BCUT2D eigenvalue weighted by atomic mass is 32.2. The molecule has 1 aromatic rings. The maximum absolute atomic E-state index is 5.00. The number of hydrogen-bond acceptors (Lipinski definition) is 5. The summed E-state index contributed by atoms with van der Waals surface area (Å²) in [7, 11) is 0. The number of amidine groups is 1. The van der Waals surface area contributed by atoms with Gasteiger partial charge in [0.05, 0.1) is 12.1 Å². The monoisotopic (exact) mass is 558 g/mol. The summed E-state index contributed by atoms with van der Waals surface area (Å²) in [4.78, 5) is 9.68. The minimum absolute atomic E-state index is 0.0926. The van der Waals surface area contributed by atoms with Crippen LogP contribution >= 0.6 is 11.8 Å². The van der Waals surface area contributed by atoms with E-state index in [0.717, 1.165) is 67.4 Å². The maximum atomic E-state index is 5.00. The molecular weight excluding hydrogens is 508 g/mol. The average molecular weight is 559 g/mol. The van der Waals surface area contributed by atoms with Crippen LogP contribution in [0.3, 0.4) is 0 Å². The largest absolute Gasteiger partial charge is 0.359 e. The van der Waals surface area contributed by atoms with Gasteiger partial charge < -0.3 is 10.6 Å². The van der Waals surface area contributed by atoms with Crippen LogP contribution in [0.15, 0.2) is 93.7 Å². The molecule has 2 N–H and O–H groups in total. The van der Waals surface area contributed by atoms with Crippen LogP contribution in [0.4, 0.5) is 5.82 Å². The molecule has 40 heavy (non-hydrogen) atoms. The lowest BCUT2D eigenvalue weighted by atomic mass is 10.0. The van der Waals surface area contributed by atoms with Gasteiger partial charge >= 0.3 is 0 Å². The minimum atomic E-state index is 0.0926. The number of aliphatic imine (C=N–C) groups is 1. The van der Waals surface area contributed by atoms with Gasteiger partial charge in [-0.05, 0) is 105 Å². The van der Waals surface area contributed by atoms with Crippen molar-refractivity contribution >= 4 is 23.4 Å². The molecule has 0 amide bonds. The van der Waals surface area contributed by atoms with Crippen molar-refractivity contribution in [3.05, 3.63) is 94.4 Å². The fourth-order valence-electron chi connectivity index (χ4n) is 4.75. The number of allylic oxidation sites excluding steroid dienone is 9. The van der Waals surface area contributed by atoms with Gasteiger partial charge in [0.15, 0.2) is 0 Å². The summed E-state index contributed by atoms with van der Waals surface area (Å²) in [6, 6.07) is 6.44. The Morgan fingerprint density at radius 2 is 1.65 bits per heavy atom. The molecule has 5 heteroatoms. The Balaban J connectivity index is 1.42. The fourth-order valence-corrected chi connectivity index (χ4v) is 5.77. The van der Waals surface area contributed by atoms with Crippen LogP contribution in [-0.4, -0.2) is 34.4 Å². The van der Waals surface area contributed by atoms with Crippen molar-refractivity contribution in [2.45, 2.75) is 98.6 Å². The summed E-state index contributed by atoms with van der Waals surface area (Å²) in [5, 5.41) is 7.21. The molecule has 4 nitrogen and oxygen atoms in total. The molecule has 0 radical (unpaired) electrons. The molecule has 0 saturated carbocycles. The Bertz CT molecular complexity index is 1180. The normalized spacial score (nSPS) is 18.1. The van der Waals surface area contributed by atoms with Crippen molar-refractivity contribution in [1.82, 2.24) is 10.3 Å². The molecule has 2 aliphatic rings. The first kappa shape index (κ1) is 31.7. The van der Waals surface area contributed by atoms with Gasteiger partial charge in [-0.3, -0.25) is 4.99 Å². The lowest BCUT2D eigenvalue weighted by Gasteiger charge is -2.20. The van der Waals surface area contributed by atoms with Gasteiger partial charge in [-0.15, -0.1) is 0 Å². The van der Waals surface area contributed by atoms with Gasteiger partial charge in [0.2, 0.25) is 0 Å². The van der Waals surface area contributed by atoms with Crippen LogP contribution in [0.2, 0.25) is 0 Å². The summed E-state index contributed by atoms with van der Waals surface area (Å²) in [6.07, 6.45) is 23.9. The highest BCUT2D eigenvalue weighted by Gasteiger charge is 2.28. The van der Waals surface area contributed by atoms with E-state index in [0.29, 0.717) is 0 Å². The predicted octanol–water partition coefficient (Wildman–Crippen LogP) is 9.26. The van der Waals surface area contributed by atoms with Gasteiger partial charge in [-0.2, -0.15) is 11.8 Å². The number of nitrogens with zero attached hydrogens (tertiary/aromatic N) is 2. The van der Waals surface area contributed by atoms with Crippen LogP contribution in [0.1, 0.15) is 85.3 Å². The van der Waals surface area contributed by atoms with Crippen LogP contribution in [0.5, 0.6) is 0 Å². The Labute approximate surface area is 248 Å². The van der Waals surface area contributed by atoms with Crippen LogP contribution in [0.25, 0.3) is 0 Å². The van der Waals surface area contributed by atoms with E-state index in [4.69, 9.17) is 4.99 Å². The summed E-state index contributed by atoms with van der Waals surface area (Å²) in [6.45, 7) is 13.2. The molecule has 216 valence electrons. The Morgan fingerprint density at radius 1 is 0.975 bits per heavy atom. The van der Waals surface area contributed by atoms with E-state index in [2.05, 4.69) is 98.8 Å². The molecule has 3 rings (SSSR count). The van der Waals surface area contributed by atoms with E-state index in [1.54, 1.807) is 0 Å². The molecule has 2 heterocycles. The first-order valence-electron chi connectivity index (χ1n) is 14.9. The SMILES string of the molecule is CC(C)=CCC/C(C)=C/CC/C(C)=C/CC/C(C)=C/CSCC(Nc1cccc(C)n1)C1=NC2CC=CC=C2N1. The second-order valence-corrected chi connectivity index (χ2v) is 12.5. The third kappa shape index (κ3) is 11.8. The van der Waals surface area contributed by atoms with Crippen molar-refractivity contribution < 1.29 is 0 Å². The van der Waals surface area contributed by atoms with Gasteiger partial charge in [-0.25, -0.2) is 4.98 Å². The highest BCUT2D eigenvalue weighted by molar-refractivity contribution is 7.99. The maximum Gasteiger partial charge on any atom is 0.126 e. The van der Waals surface area contributed by atoms with Crippen molar-refractivity contribution in [3.63, 3.8) is 0 Å². The van der Waals surface area contributed by atoms with Crippen molar-refractivity contribution in [2.24, 2.45) is 4.99 Å². The zero-order valence-electron chi connectivity index (χ0n) is 25.6. The van der Waals surface area contributed by atoms with Crippen LogP contribution < -0.4 is 10.6 Å². The molecule has 0 saturated heterocycles. The molecule has 1 aromatic heterocycles. The number of aromatic nitrogens is 1. The average Bonchev–Trinajstić information content (AvgIpc) is 3.34. The summed E-state index contributed by atoms with van der Waals surface area (Å²) >= 11 is 1.95. The van der Waals surface area contributed by atoms with E-state index in [1.165, 1.54) is 34.4 Å². The second kappa shape index (κ2) is 17.1. The van der Waals surface area contributed by atoms with Gasteiger partial charge in [0, 0.05) is 22.9 Å². The van der Waals surface area contributed by atoms with Gasteiger partial charge in [0.1, 0.15) is 11.7 Å². The molecule has 0 aromatic carbocycles. The number of rotatable bonds is 16. The molecule has 2 unspecified atom stereocenters. The van der Waals surface area contributed by atoms with Gasteiger partial charge in [0.25, 0.3) is 0 Å². The summed E-state index contributed by atoms with van der Waals surface area (Å²) in [5.41, 5.74) is 8.12. The third-order valence-electron chi connectivity index (χ3n) is 7.23. The standard InChI is InChI=1S/C35H50N4S/c1-26(2)13-9-14-27(3)15-10-16-28(4)17-11-18-29(5)23-24-40-25-33(37-34-22-12-19-30(6)36-34)35-38-31-20-7-8-21-32(31)39-35/h7-8,12-13,15,17,19-20,22-23,32-33H,9-11,14,16,18,21,24-25H2,1-6H3,(H,36,37)(H,38,39)/b27-15+,28-17+,29-23+. The quantitative estimate of drug-likeness (QED) is 0.157. The Kier molecular flexibility index (Phi) is 13.6. The lowest BCUT2D eigenvalue weighted by Crippen LogP contribution is -2.39. The molecule has 1 aliphatic heterocycles. The van der Waals surface area contributed by atoms with Crippen LogP contribution in [-0.2, 0) is 0 Å². The zero-order valence-corrected chi connectivity index (χ0v) is 26.4. The van der Waals surface area contributed by atoms with Crippen molar-refractivity contribution in [1.29, 1.82) is 0 Å². The molecule has 0 bridgehead atoms. The number of hydrogen-bond donors (Lipinski definition) is 2. The van der Waals surface area contributed by atoms with Crippen LogP contribution in [0, 0.1) is 6.92 Å². The van der Waals surface area contributed by atoms with E-state index >= 15 is 0 Å². The zero-order chi connectivity index (χ0) is 28.7. The van der Waals surface area contributed by atoms with E-state index in [1.807, 2.05) is 30.8 Å². The Hall–Kier alpha value is -2.79. The third-order valence-corrected chi connectivity index (χ3v) is 8.20. The first-order chi connectivity index (χ1) is 19.3. The molecule has 2 atom stereocenters. The number of anilines is 1. The highest BCUT2D eigenvalue weighted by Crippen LogP contribution is 2.23. The number of thioether (sulfide) groups is 1. The van der Waals surface area contributed by atoms with Crippen molar-refractivity contribution in [3.8, 4) is 0 Å². The van der Waals surface area contributed by atoms with Crippen molar-refractivity contribution in [2.75, 3.05) is 16.8 Å². The fraction of sp³-hybridized carbons (Fsp3) is 0.486. The number of aryl methyl sites for hydroxylation is 1. The second-order valence-electron chi connectivity index (χ2n) is 11.4. The Morgan fingerprint density at radius 3 is 2.30 bits per heavy atom. The summed E-state index contributed by atoms with van der Waals surface area (Å²) in [5.74, 6) is 3.86. The number of nitrogens with one attached hydrogen (secondary N) is 2. The number of fused-ring (bicyclic) bond motifs is 1. The number of pyridine rings is 1. The smallest absolute Gasteiger partial charge is 0.126 e. The lowest BCUT2D eigenvalue weighted by molar-refractivity contribution is 0.784. The van der Waals surface area contributed by atoms with Gasteiger partial charge in [-0.1, -0.05) is 64.8 Å².